The third-order valence-electron chi connectivity index (χ3n) is 3.76. The number of amides is 1. The summed E-state index contributed by atoms with van der Waals surface area (Å²) in [5.41, 5.74) is 1.01. The van der Waals surface area contributed by atoms with Crippen molar-refractivity contribution < 1.29 is 19.1 Å². The number of carbonyl (C=O) groups excluding carboxylic acids is 2. The van der Waals surface area contributed by atoms with Crippen molar-refractivity contribution >= 4 is 22.6 Å². The van der Waals surface area contributed by atoms with Crippen molar-refractivity contribution in [2.45, 2.75) is 26.2 Å². The Morgan fingerprint density at radius 1 is 1.12 bits per heavy atom. The Hall–Kier alpha value is -2.82. The highest BCUT2D eigenvalue weighted by atomic mass is 16.8. The lowest BCUT2D eigenvalue weighted by atomic mass is 10.1. The maximum absolute atomic E-state index is 12.3. The molecular weight excluding hydrogens is 306 g/mol. The van der Waals surface area contributed by atoms with Crippen molar-refractivity contribution in [1.82, 2.24) is 4.90 Å². The van der Waals surface area contributed by atoms with Crippen LogP contribution in [0.1, 0.15) is 19.4 Å². The van der Waals surface area contributed by atoms with E-state index in [0.29, 0.717) is 6.54 Å². The molecule has 1 heterocycles. The molecule has 0 aliphatic carbocycles. The van der Waals surface area contributed by atoms with Crippen LogP contribution in [-0.2, 0) is 25.6 Å². The van der Waals surface area contributed by atoms with E-state index in [1.807, 2.05) is 36.4 Å². The maximum Gasteiger partial charge on any atom is 0.377 e. The second-order valence-electron chi connectivity index (χ2n) is 6.28. The molecule has 2 aromatic rings. The second kappa shape index (κ2) is 6.00. The first-order valence-electron chi connectivity index (χ1n) is 7.71. The molecule has 24 heavy (non-hydrogen) atoms. The number of ether oxygens (including phenoxy) is 2. The smallest absolute Gasteiger partial charge is 0.377 e. The molecule has 0 unspecified atom stereocenters. The summed E-state index contributed by atoms with van der Waals surface area (Å²) in [5.74, 6) is -2.02. The first kappa shape index (κ1) is 16.1. The maximum atomic E-state index is 12.3. The van der Waals surface area contributed by atoms with Gasteiger partial charge in [-0.3, -0.25) is 4.79 Å². The summed E-state index contributed by atoms with van der Waals surface area (Å²) in [7, 11) is 1.68. The molecule has 1 aliphatic heterocycles. The molecule has 1 fully saturated rings. The van der Waals surface area contributed by atoms with E-state index in [0.717, 1.165) is 16.3 Å². The third kappa shape index (κ3) is 3.40. The van der Waals surface area contributed by atoms with E-state index < -0.39 is 11.8 Å². The molecule has 124 valence electrons. The predicted molar refractivity (Wildman–Crippen MR) is 89.8 cm³/mol. The van der Waals surface area contributed by atoms with Crippen LogP contribution in [0.2, 0.25) is 0 Å². The van der Waals surface area contributed by atoms with Gasteiger partial charge in [-0.05, 0) is 22.4 Å². The monoisotopic (exact) mass is 325 g/mol. The minimum atomic E-state index is -1.03. The molecule has 1 aliphatic rings. The van der Waals surface area contributed by atoms with Gasteiger partial charge in [0.2, 0.25) is 11.5 Å². The van der Waals surface area contributed by atoms with Crippen molar-refractivity contribution in [3.63, 3.8) is 0 Å². The Labute approximate surface area is 140 Å². The van der Waals surface area contributed by atoms with Gasteiger partial charge in [-0.2, -0.15) is 0 Å². The third-order valence-corrected chi connectivity index (χ3v) is 3.76. The number of rotatable bonds is 3. The molecule has 0 N–H and O–H groups in total. The summed E-state index contributed by atoms with van der Waals surface area (Å²) in [6.45, 7) is 3.68. The van der Waals surface area contributed by atoms with Crippen molar-refractivity contribution in [1.29, 1.82) is 0 Å². The highest BCUT2D eigenvalue weighted by Crippen LogP contribution is 2.26. The number of nitrogens with zero attached hydrogens (tertiary/aromatic N) is 1. The van der Waals surface area contributed by atoms with Gasteiger partial charge in [-0.1, -0.05) is 36.4 Å². The van der Waals surface area contributed by atoms with Crippen LogP contribution in [0.5, 0.6) is 0 Å². The number of likely N-dealkylation sites (N-methyl/N-ethyl adjacent to an activating group) is 1. The topological polar surface area (TPSA) is 55.8 Å². The summed E-state index contributed by atoms with van der Waals surface area (Å²) in [6.07, 6.45) is 1.18. The molecule has 0 saturated carbocycles. The zero-order chi connectivity index (χ0) is 17.3. The van der Waals surface area contributed by atoms with E-state index in [4.69, 9.17) is 9.47 Å². The van der Waals surface area contributed by atoms with Gasteiger partial charge in [0.1, 0.15) is 0 Å². The normalized spacial score (nSPS) is 17.6. The molecule has 0 aromatic heterocycles. The van der Waals surface area contributed by atoms with Gasteiger partial charge in [-0.25, -0.2) is 4.79 Å². The van der Waals surface area contributed by atoms with Crippen LogP contribution < -0.4 is 0 Å². The zero-order valence-electron chi connectivity index (χ0n) is 13.9. The molecule has 1 amide bonds. The van der Waals surface area contributed by atoms with E-state index in [9.17, 15) is 9.59 Å². The summed E-state index contributed by atoms with van der Waals surface area (Å²) in [6, 6.07) is 14.1. The minimum Gasteiger partial charge on any atom is -0.445 e. The van der Waals surface area contributed by atoms with Gasteiger partial charge in [0.15, 0.2) is 0 Å². The van der Waals surface area contributed by atoms with Gasteiger partial charge in [-0.15, -0.1) is 0 Å². The number of fused-ring (bicyclic) bond motifs is 1. The Balaban J connectivity index is 1.73. The molecule has 0 spiro atoms. The molecule has 5 nitrogen and oxygen atoms in total. The lowest BCUT2D eigenvalue weighted by molar-refractivity contribution is -0.159. The summed E-state index contributed by atoms with van der Waals surface area (Å²) in [4.78, 5) is 25.5. The van der Waals surface area contributed by atoms with E-state index in [1.165, 1.54) is 11.0 Å². The van der Waals surface area contributed by atoms with Gasteiger partial charge < -0.3 is 14.4 Å². The van der Waals surface area contributed by atoms with E-state index in [2.05, 4.69) is 6.07 Å². The van der Waals surface area contributed by atoms with Gasteiger partial charge >= 0.3 is 5.97 Å². The van der Waals surface area contributed by atoms with Crippen molar-refractivity contribution in [2.24, 2.45) is 0 Å². The Morgan fingerprint density at radius 2 is 1.83 bits per heavy atom. The first-order valence-corrected chi connectivity index (χ1v) is 7.71. The molecule has 5 heteroatoms. The molecule has 0 radical (unpaired) electrons. The number of hydrogen-bond acceptors (Lipinski definition) is 4. The fourth-order valence-corrected chi connectivity index (χ4v) is 2.60. The van der Waals surface area contributed by atoms with Crippen LogP contribution in [0.25, 0.3) is 10.8 Å². The molecule has 3 rings (SSSR count). The number of benzene rings is 2. The van der Waals surface area contributed by atoms with E-state index in [1.54, 1.807) is 20.9 Å². The summed E-state index contributed by atoms with van der Waals surface area (Å²) < 4.78 is 10.3. The second-order valence-corrected chi connectivity index (χ2v) is 6.28. The highest BCUT2D eigenvalue weighted by molar-refractivity contribution is 5.98. The fraction of sp³-hybridized carbons (Fsp3) is 0.263. The van der Waals surface area contributed by atoms with Gasteiger partial charge in [0.25, 0.3) is 5.91 Å². The van der Waals surface area contributed by atoms with Gasteiger partial charge in [0.05, 0.1) is 6.08 Å². The van der Waals surface area contributed by atoms with Crippen LogP contribution in [0.3, 0.4) is 0 Å². The SMILES string of the molecule is CN(Cc1ccc2ccccc2c1)C(=O)C=C1OC(C)(C)OC1=O. The Bertz CT molecular complexity index is 838. The number of esters is 1. The van der Waals surface area contributed by atoms with Crippen LogP contribution in [0, 0.1) is 0 Å². The number of hydrogen-bond donors (Lipinski definition) is 0. The Kier molecular flexibility index (Phi) is 4.01. The highest BCUT2D eigenvalue weighted by Gasteiger charge is 2.37. The predicted octanol–water partition coefficient (Wildman–Crippen LogP) is 2.99. The molecule has 0 bridgehead atoms. The lowest BCUT2D eigenvalue weighted by Gasteiger charge is -2.16. The van der Waals surface area contributed by atoms with Crippen LogP contribution >= 0.6 is 0 Å². The minimum absolute atomic E-state index is 0.0599. The summed E-state index contributed by atoms with van der Waals surface area (Å²) >= 11 is 0. The fourth-order valence-electron chi connectivity index (χ4n) is 2.60. The lowest BCUT2D eigenvalue weighted by Crippen LogP contribution is -2.25. The molecule has 2 aromatic carbocycles. The molecule has 0 atom stereocenters. The van der Waals surface area contributed by atoms with Crippen LogP contribution in [0.4, 0.5) is 0 Å². The standard InChI is InChI=1S/C19H19NO4/c1-19(2)23-16(18(22)24-19)11-17(21)20(3)12-13-8-9-14-6-4-5-7-15(14)10-13/h4-11H,12H2,1-3H3. The van der Waals surface area contributed by atoms with Gasteiger partial charge in [0, 0.05) is 27.4 Å². The molecule has 1 saturated heterocycles. The van der Waals surface area contributed by atoms with E-state index in [-0.39, 0.29) is 11.7 Å². The first-order chi connectivity index (χ1) is 11.3. The zero-order valence-corrected chi connectivity index (χ0v) is 13.9. The average molecular weight is 325 g/mol. The van der Waals surface area contributed by atoms with Crippen molar-refractivity contribution in [3.05, 3.63) is 59.9 Å². The van der Waals surface area contributed by atoms with Crippen molar-refractivity contribution in [3.8, 4) is 0 Å². The quantitative estimate of drug-likeness (QED) is 0.643. The summed E-state index contributed by atoms with van der Waals surface area (Å²) in [5, 5.41) is 2.28. The van der Waals surface area contributed by atoms with Crippen LogP contribution in [-0.4, -0.2) is 29.6 Å². The largest absolute Gasteiger partial charge is 0.445 e. The Morgan fingerprint density at radius 3 is 2.50 bits per heavy atom. The number of carbonyl (C=O) groups is 2. The van der Waals surface area contributed by atoms with Crippen molar-refractivity contribution in [2.75, 3.05) is 7.05 Å². The molecular formula is C19H19NO4. The average Bonchev–Trinajstić information content (AvgIpc) is 2.79. The number of cyclic esters (lactones) is 1. The van der Waals surface area contributed by atoms with E-state index >= 15 is 0 Å². The van der Waals surface area contributed by atoms with Crippen LogP contribution in [0.15, 0.2) is 54.3 Å².